The summed E-state index contributed by atoms with van der Waals surface area (Å²) in [4.78, 5) is 15.5. The molecule has 0 bridgehead atoms. The summed E-state index contributed by atoms with van der Waals surface area (Å²) in [5.41, 5.74) is 11.3. The van der Waals surface area contributed by atoms with Crippen molar-refractivity contribution in [2.24, 2.45) is 0 Å². The maximum atomic E-state index is 6.63. The molecule has 0 radical (unpaired) electrons. The highest BCUT2D eigenvalue weighted by Gasteiger charge is 2.22. The molecule has 8 aromatic carbocycles. The minimum atomic E-state index is 0.536. The zero-order valence-electron chi connectivity index (χ0n) is 30.4. The molecule has 6 heteroatoms. The Balaban J connectivity index is 1.10. The van der Waals surface area contributed by atoms with Gasteiger partial charge in [0.1, 0.15) is 22.3 Å². The molecular weight excluding hydrogens is 701 g/mol. The smallest absolute Gasteiger partial charge is 0.167 e. The van der Waals surface area contributed by atoms with E-state index >= 15 is 0 Å². The number of nitrogens with zero attached hydrogens (tertiary/aromatic N) is 4. The van der Waals surface area contributed by atoms with Crippen LogP contribution in [0.25, 0.3) is 117 Å². The van der Waals surface area contributed by atoms with Crippen molar-refractivity contribution in [2.45, 2.75) is 0 Å². The minimum absolute atomic E-state index is 0.536. The summed E-state index contributed by atoms with van der Waals surface area (Å²) in [6.07, 6.45) is 0. The van der Waals surface area contributed by atoms with Crippen LogP contribution in [0.5, 0.6) is 0 Å². The maximum Gasteiger partial charge on any atom is 0.167 e. The predicted octanol–water partition coefficient (Wildman–Crippen LogP) is 13.4. The molecule has 0 aliphatic heterocycles. The number of aromatic nitrogens is 4. The van der Waals surface area contributed by atoms with Gasteiger partial charge < -0.3 is 13.4 Å². The van der Waals surface area contributed by atoms with E-state index in [1.54, 1.807) is 0 Å². The normalized spacial score (nSPS) is 11.9. The fraction of sp³-hybridized carbons (Fsp3) is 0. The van der Waals surface area contributed by atoms with Crippen LogP contribution < -0.4 is 0 Å². The van der Waals surface area contributed by atoms with Crippen molar-refractivity contribution in [1.29, 1.82) is 0 Å². The Morgan fingerprint density at radius 3 is 1.75 bits per heavy atom. The van der Waals surface area contributed by atoms with Gasteiger partial charge in [0.15, 0.2) is 17.5 Å². The largest absolute Gasteiger partial charge is 0.456 e. The van der Waals surface area contributed by atoms with Crippen LogP contribution in [-0.2, 0) is 0 Å². The van der Waals surface area contributed by atoms with E-state index in [0.717, 1.165) is 82.9 Å². The van der Waals surface area contributed by atoms with Crippen molar-refractivity contribution >= 4 is 65.7 Å². The van der Waals surface area contributed by atoms with Gasteiger partial charge in [-0.25, -0.2) is 15.0 Å². The fourth-order valence-electron chi connectivity index (χ4n) is 8.55. The third kappa shape index (κ3) is 4.87. The van der Waals surface area contributed by atoms with Crippen LogP contribution in [0.3, 0.4) is 0 Å². The van der Waals surface area contributed by atoms with Gasteiger partial charge in [-0.3, -0.25) is 0 Å². The van der Waals surface area contributed by atoms with Crippen LogP contribution in [0.15, 0.2) is 191 Å². The van der Waals surface area contributed by atoms with E-state index in [9.17, 15) is 0 Å². The number of furan rings is 2. The van der Waals surface area contributed by atoms with E-state index in [-0.39, 0.29) is 0 Å². The van der Waals surface area contributed by atoms with E-state index in [1.165, 1.54) is 16.3 Å². The van der Waals surface area contributed by atoms with Gasteiger partial charge in [0.05, 0.1) is 16.6 Å². The number of para-hydroxylation sites is 4. The molecule has 266 valence electrons. The average molecular weight is 731 g/mol. The number of benzene rings is 8. The van der Waals surface area contributed by atoms with Gasteiger partial charge in [-0.15, -0.1) is 0 Å². The van der Waals surface area contributed by atoms with Gasteiger partial charge in [-0.1, -0.05) is 127 Å². The molecule has 0 fully saturated rings. The van der Waals surface area contributed by atoms with Crippen molar-refractivity contribution in [3.8, 4) is 51.0 Å². The summed E-state index contributed by atoms with van der Waals surface area (Å²) < 4.78 is 15.4. The summed E-state index contributed by atoms with van der Waals surface area (Å²) >= 11 is 0. The lowest BCUT2D eigenvalue weighted by atomic mass is 9.96. The molecule has 4 heterocycles. The average Bonchev–Trinajstić information content (AvgIpc) is 3.96. The van der Waals surface area contributed by atoms with Gasteiger partial charge in [-0.05, 0) is 65.7 Å². The quantitative estimate of drug-likeness (QED) is 0.176. The summed E-state index contributed by atoms with van der Waals surface area (Å²) in [7, 11) is 0. The van der Waals surface area contributed by atoms with Crippen LogP contribution in [0.2, 0.25) is 0 Å². The Morgan fingerprint density at radius 1 is 0.351 bits per heavy atom. The number of fused-ring (bicyclic) bond motifs is 9. The highest BCUT2D eigenvalue weighted by Crippen LogP contribution is 2.43. The molecule has 0 aliphatic carbocycles. The third-order valence-corrected chi connectivity index (χ3v) is 11.1. The van der Waals surface area contributed by atoms with Crippen molar-refractivity contribution in [1.82, 2.24) is 19.5 Å². The van der Waals surface area contributed by atoms with E-state index in [1.807, 2.05) is 78.9 Å². The first-order valence-corrected chi connectivity index (χ1v) is 19.0. The Morgan fingerprint density at radius 2 is 0.930 bits per heavy atom. The molecule has 0 unspecified atom stereocenters. The van der Waals surface area contributed by atoms with Crippen LogP contribution in [0.4, 0.5) is 0 Å². The summed E-state index contributed by atoms with van der Waals surface area (Å²) in [5, 5.41) is 6.42. The molecule has 4 aromatic heterocycles. The van der Waals surface area contributed by atoms with Crippen LogP contribution in [0, 0.1) is 0 Å². The lowest BCUT2D eigenvalue weighted by molar-refractivity contribution is 0.668. The third-order valence-electron chi connectivity index (χ3n) is 11.1. The molecule has 0 spiro atoms. The Bertz CT molecular complexity index is 3530. The highest BCUT2D eigenvalue weighted by atomic mass is 16.3. The molecule has 0 saturated carbocycles. The molecule has 0 aliphatic rings. The zero-order chi connectivity index (χ0) is 37.5. The SMILES string of the molecule is c1ccc(-c2nc(-c3cccc4c3oc3ccccc34)nc(-c3cccc4oc5cccc(-c6ccc7c(c6)c6ccccc6n7-c6ccccc6)c5c34)n2)cc1. The Labute approximate surface area is 325 Å². The van der Waals surface area contributed by atoms with Gasteiger partial charge in [0.25, 0.3) is 0 Å². The van der Waals surface area contributed by atoms with Gasteiger partial charge in [0.2, 0.25) is 0 Å². The topological polar surface area (TPSA) is 69.9 Å². The molecular formula is C51H30N4O2. The first-order chi connectivity index (χ1) is 28.3. The predicted molar refractivity (Wildman–Crippen MR) is 230 cm³/mol. The highest BCUT2D eigenvalue weighted by molar-refractivity contribution is 6.19. The standard InChI is InChI=1S/C51H30N4O2/c1-3-14-31(15-4-1)49-52-50(54-51(53-49)39-23-11-21-37-36-19-8-10-25-43(36)57-48(37)39)38-22-13-27-45-47(38)46-34(20-12-26-44(46)56-45)32-28-29-42-40(30-32)35-18-7-9-24-41(35)55(42)33-16-5-2-6-17-33/h1-30H. The van der Waals surface area contributed by atoms with Crippen molar-refractivity contribution in [3.63, 3.8) is 0 Å². The fourth-order valence-corrected chi connectivity index (χ4v) is 8.55. The minimum Gasteiger partial charge on any atom is -0.456 e. The maximum absolute atomic E-state index is 6.63. The summed E-state index contributed by atoms with van der Waals surface area (Å²) in [5.74, 6) is 1.67. The second kappa shape index (κ2) is 12.3. The van der Waals surface area contributed by atoms with Crippen LogP contribution in [0.1, 0.15) is 0 Å². The van der Waals surface area contributed by atoms with Crippen LogP contribution >= 0.6 is 0 Å². The first kappa shape index (κ1) is 31.5. The monoisotopic (exact) mass is 730 g/mol. The van der Waals surface area contributed by atoms with E-state index in [4.69, 9.17) is 23.8 Å². The molecule has 0 N–H and O–H groups in total. The number of hydrogen-bond donors (Lipinski definition) is 0. The van der Waals surface area contributed by atoms with E-state index < -0.39 is 0 Å². The lowest BCUT2D eigenvalue weighted by Gasteiger charge is -2.11. The van der Waals surface area contributed by atoms with Gasteiger partial charge in [-0.2, -0.15) is 0 Å². The first-order valence-electron chi connectivity index (χ1n) is 19.0. The molecule has 12 rings (SSSR count). The second-order valence-electron chi connectivity index (χ2n) is 14.3. The van der Waals surface area contributed by atoms with Crippen molar-refractivity contribution in [2.75, 3.05) is 0 Å². The lowest BCUT2D eigenvalue weighted by Crippen LogP contribution is -2.00. The van der Waals surface area contributed by atoms with Crippen molar-refractivity contribution < 1.29 is 8.83 Å². The molecule has 12 aromatic rings. The summed E-state index contributed by atoms with van der Waals surface area (Å²) in [6, 6.07) is 62.7. The van der Waals surface area contributed by atoms with E-state index in [0.29, 0.717) is 17.5 Å². The molecule has 0 saturated heterocycles. The van der Waals surface area contributed by atoms with Gasteiger partial charge in [0, 0.05) is 49.1 Å². The van der Waals surface area contributed by atoms with E-state index in [2.05, 4.69) is 108 Å². The molecule has 0 atom stereocenters. The van der Waals surface area contributed by atoms with Gasteiger partial charge >= 0.3 is 0 Å². The zero-order valence-corrected chi connectivity index (χ0v) is 30.4. The summed E-state index contributed by atoms with van der Waals surface area (Å²) in [6.45, 7) is 0. The molecule has 6 nitrogen and oxygen atoms in total. The van der Waals surface area contributed by atoms with Crippen LogP contribution in [-0.4, -0.2) is 19.5 Å². The molecule has 0 amide bonds. The number of rotatable bonds is 5. The Kier molecular flexibility index (Phi) is 6.83. The molecule has 57 heavy (non-hydrogen) atoms. The Hall–Kier alpha value is -7.83. The second-order valence-corrected chi connectivity index (χ2v) is 14.3. The van der Waals surface area contributed by atoms with Crippen molar-refractivity contribution in [3.05, 3.63) is 182 Å². The number of hydrogen-bond acceptors (Lipinski definition) is 5.